The quantitative estimate of drug-likeness (QED) is 0.365. The number of hydrogen-bond donors (Lipinski definition) is 0. The van der Waals surface area contributed by atoms with Crippen molar-refractivity contribution in [1.82, 2.24) is 14.5 Å². The number of carbonyl (C=O) groups is 1. The van der Waals surface area contributed by atoms with E-state index in [1.807, 2.05) is 24.6 Å². The van der Waals surface area contributed by atoms with Crippen LogP contribution in [0.5, 0.6) is 0 Å². The Morgan fingerprint density at radius 1 is 1.18 bits per heavy atom. The largest absolute Gasteiger partial charge is 0.337 e. The Balaban J connectivity index is 1.70. The summed E-state index contributed by atoms with van der Waals surface area (Å²) < 4.78 is 27.7. The van der Waals surface area contributed by atoms with Gasteiger partial charge in [-0.2, -0.15) is 0 Å². The normalized spacial score (nSPS) is 11.7. The summed E-state index contributed by atoms with van der Waals surface area (Å²) in [5, 5.41) is 0.609. The molecular weight excluding hydrogens is 456 g/mol. The molecular formula is C24H26N4O3S2. The first-order chi connectivity index (χ1) is 15.8. The topological polar surface area (TPSA) is 85.2 Å². The van der Waals surface area contributed by atoms with Gasteiger partial charge in [0.2, 0.25) is 0 Å². The second kappa shape index (κ2) is 9.44. The third kappa shape index (κ3) is 4.99. The summed E-state index contributed by atoms with van der Waals surface area (Å²) in [5.74, 6) is -0.280. The second-order valence-electron chi connectivity index (χ2n) is 7.97. The lowest BCUT2D eigenvalue weighted by Gasteiger charge is -2.20. The van der Waals surface area contributed by atoms with E-state index < -0.39 is 9.84 Å². The summed E-state index contributed by atoms with van der Waals surface area (Å²) in [4.78, 5) is 24.3. The van der Waals surface area contributed by atoms with Crippen molar-refractivity contribution in [3.63, 3.8) is 0 Å². The molecule has 4 aromatic rings. The first-order valence-corrected chi connectivity index (χ1v) is 13.2. The number of anilines is 1. The Morgan fingerprint density at radius 3 is 2.73 bits per heavy atom. The Kier molecular flexibility index (Phi) is 6.62. The monoisotopic (exact) mass is 482 g/mol. The molecule has 0 aliphatic carbocycles. The highest BCUT2D eigenvalue weighted by Gasteiger charge is 2.23. The fourth-order valence-electron chi connectivity index (χ4n) is 3.73. The van der Waals surface area contributed by atoms with Crippen molar-refractivity contribution < 1.29 is 13.2 Å². The van der Waals surface area contributed by atoms with E-state index in [1.54, 1.807) is 36.5 Å². The Labute approximate surface area is 197 Å². The summed E-state index contributed by atoms with van der Waals surface area (Å²) in [5.41, 5.74) is 3.43. The van der Waals surface area contributed by atoms with Crippen LogP contribution >= 0.6 is 11.3 Å². The molecule has 0 N–H and O–H groups in total. The molecule has 1 amide bonds. The lowest BCUT2D eigenvalue weighted by molar-refractivity contribution is 0.0986. The van der Waals surface area contributed by atoms with Crippen LogP contribution in [-0.4, -0.2) is 41.2 Å². The van der Waals surface area contributed by atoms with Crippen molar-refractivity contribution in [2.24, 2.45) is 0 Å². The van der Waals surface area contributed by atoms with Crippen LogP contribution in [0.2, 0.25) is 0 Å². The number of sulfone groups is 1. The van der Waals surface area contributed by atoms with E-state index in [1.165, 1.54) is 23.5 Å². The number of hydrogen-bond acceptors (Lipinski definition) is 6. The Morgan fingerprint density at radius 2 is 2.00 bits per heavy atom. The Hall–Kier alpha value is -3.04. The number of benzene rings is 2. The summed E-state index contributed by atoms with van der Waals surface area (Å²) in [6.45, 7) is 6.80. The summed E-state index contributed by atoms with van der Waals surface area (Å²) in [6.07, 6.45) is 6.05. The van der Waals surface area contributed by atoms with Crippen molar-refractivity contribution in [3.05, 3.63) is 71.8 Å². The minimum Gasteiger partial charge on any atom is -0.337 e. The molecule has 0 unspecified atom stereocenters. The van der Waals surface area contributed by atoms with Crippen LogP contribution in [0.1, 0.15) is 34.8 Å². The van der Waals surface area contributed by atoms with Gasteiger partial charge < -0.3 is 4.57 Å². The summed E-state index contributed by atoms with van der Waals surface area (Å²) >= 11 is 1.48. The third-order valence-corrected chi connectivity index (χ3v) is 8.23. The van der Waals surface area contributed by atoms with E-state index in [2.05, 4.69) is 17.1 Å². The molecule has 33 heavy (non-hydrogen) atoms. The number of aromatic nitrogens is 3. The number of carbonyl (C=O) groups excluding carboxylic acids is 1. The third-order valence-electron chi connectivity index (χ3n) is 5.47. The number of imidazole rings is 1. The van der Waals surface area contributed by atoms with Gasteiger partial charge in [0.1, 0.15) is 0 Å². The van der Waals surface area contributed by atoms with Gasteiger partial charge in [-0.3, -0.25) is 9.69 Å². The fourth-order valence-corrected chi connectivity index (χ4v) is 5.83. The predicted octanol–water partition coefficient (Wildman–Crippen LogP) is 4.64. The summed E-state index contributed by atoms with van der Waals surface area (Å²) in [6, 6.07) is 10.4. The second-order valence-corrected chi connectivity index (χ2v) is 11.3. The highest BCUT2D eigenvalue weighted by Crippen LogP contribution is 2.32. The first kappa shape index (κ1) is 23.1. The maximum atomic E-state index is 13.6. The van der Waals surface area contributed by atoms with Crippen molar-refractivity contribution in [2.75, 3.05) is 17.2 Å². The van der Waals surface area contributed by atoms with Crippen molar-refractivity contribution in [1.29, 1.82) is 0 Å². The Bertz CT molecular complexity index is 1390. The highest BCUT2D eigenvalue weighted by atomic mass is 32.2. The van der Waals surface area contributed by atoms with Crippen LogP contribution in [0.15, 0.2) is 60.0 Å². The number of thiazole rings is 1. The molecule has 0 saturated heterocycles. The molecule has 0 bridgehead atoms. The van der Waals surface area contributed by atoms with Crippen molar-refractivity contribution in [2.45, 2.75) is 38.6 Å². The molecule has 0 aliphatic heterocycles. The lowest BCUT2D eigenvalue weighted by atomic mass is 10.1. The molecule has 0 radical (unpaired) electrons. The van der Waals surface area contributed by atoms with Gasteiger partial charge in [-0.15, -0.1) is 0 Å². The van der Waals surface area contributed by atoms with E-state index in [0.717, 1.165) is 21.3 Å². The van der Waals surface area contributed by atoms with E-state index in [-0.39, 0.29) is 16.6 Å². The number of amides is 1. The molecule has 0 spiro atoms. The summed E-state index contributed by atoms with van der Waals surface area (Å²) in [7, 11) is -3.42. The average molecular weight is 483 g/mol. The SMILES string of the molecule is CCS(=O)(=O)c1cccc(C(=O)N(CCCn2ccnc2)c2nc3c(C)cc(C)cc3s2)c1. The standard InChI is InChI=1S/C24H26N4O3S2/c1-4-33(30,31)20-8-5-7-19(15-20)23(29)28(11-6-10-27-12-9-25-16-27)24-26-22-18(3)13-17(2)14-21(22)32-24/h5,7-9,12-16H,4,6,10-11H2,1-3H3. The molecule has 172 valence electrons. The van der Waals surface area contributed by atoms with E-state index in [9.17, 15) is 13.2 Å². The van der Waals surface area contributed by atoms with Crippen LogP contribution in [0, 0.1) is 13.8 Å². The molecule has 7 nitrogen and oxygen atoms in total. The molecule has 0 aliphatic rings. The zero-order chi connectivity index (χ0) is 23.6. The van der Waals surface area contributed by atoms with Gasteiger partial charge >= 0.3 is 0 Å². The van der Waals surface area contributed by atoms with Crippen molar-refractivity contribution in [3.8, 4) is 0 Å². The maximum Gasteiger partial charge on any atom is 0.260 e. The minimum atomic E-state index is -3.42. The number of aryl methyl sites for hydroxylation is 3. The van der Waals surface area contributed by atoms with Crippen LogP contribution in [0.4, 0.5) is 5.13 Å². The molecule has 2 heterocycles. The highest BCUT2D eigenvalue weighted by molar-refractivity contribution is 7.91. The van der Waals surface area contributed by atoms with Gasteiger partial charge in [0.25, 0.3) is 5.91 Å². The van der Waals surface area contributed by atoms with Crippen LogP contribution in [0.3, 0.4) is 0 Å². The zero-order valence-electron chi connectivity index (χ0n) is 18.9. The van der Waals surface area contributed by atoms with Crippen LogP contribution in [0.25, 0.3) is 10.2 Å². The van der Waals surface area contributed by atoms with Crippen molar-refractivity contribution >= 4 is 42.4 Å². The molecule has 2 aromatic carbocycles. The van der Waals surface area contributed by atoms with Gasteiger partial charge in [0.15, 0.2) is 15.0 Å². The maximum absolute atomic E-state index is 13.6. The van der Waals surface area contributed by atoms with Gasteiger partial charge in [-0.05, 0) is 55.7 Å². The first-order valence-electron chi connectivity index (χ1n) is 10.8. The minimum absolute atomic E-state index is 0.0181. The molecule has 2 aromatic heterocycles. The molecule has 0 saturated carbocycles. The van der Waals surface area contributed by atoms with Gasteiger partial charge in [-0.1, -0.05) is 30.4 Å². The molecule has 0 atom stereocenters. The average Bonchev–Trinajstić information content (AvgIpc) is 3.46. The lowest BCUT2D eigenvalue weighted by Crippen LogP contribution is -2.32. The molecule has 4 rings (SSSR count). The van der Waals surface area contributed by atoms with Gasteiger partial charge in [-0.25, -0.2) is 18.4 Å². The number of nitrogens with zero attached hydrogens (tertiary/aromatic N) is 4. The van der Waals surface area contributed by atoms with E-state index in [4.69, 9.17) is 4.98 Å². The van der Waals surface area contributed by atoms with Crippen LogP contribution < -0.4 is 4.90 Å². The smallest absolute Gasteiger partial charge is 0.260 e. The molecule has 0 fully saturated rings. The fraction of sp³-hybridized carbons (Fsp3) is 0.292. The van der Waals surface area contributed by atoms with E-state index in [0.29, 0.717) is 30.2 Å². The van der Waals surface area contributed by atoms with Gasteiger partial charge in [0, 0.05) is 31.0 Å². The van der Waals surface area contributed by atoms with E-state index >= 15 is 0 Å². The number of fused-ring (bicyclic) bond motifs is 1. The predicted molar refractivity (Wildman–Crippen MR) is 132 cm³/mol. The van der Waals surface area contributed by atoms with Gasteiger partial charge in [0.05, 0.1) is 27.2 Å². The van der Waals surface area contributed by atoms with Crippen LogP contribution in [-0.2, 0) is 16.4 Å². The number of rotatable bonds is 8. The molecule has 9 heteroatoms. The zero-order valence-corrected chi connectivity index (χ0v) is 20.5.